The van der Waals surface area contributed by atoms with Crippen molar-refractivity contribution in [2.75, 3.05) is 17.2 Å². The van der Waals surface area contributed by atoms with Crippen LogP contribution in [-0.4, -0.2) is 19.9 Å². The molecule has 3 rings (SSSR count). The van der Waals surface area contributed by atoms with Crippen molar-refractivity contribution in [2.24, 2.45) is 5.14 Å². The molecule has 0 saturated carbocycles. The van der Waals surface area contributed by atoms with Crippen molar-refractivity contribution in [1.29, 1.82) is 0 Å². The van der Waals surface area contributed by atoms with Crippen LogP contribution in [0.1, 0.15) is 10.4 Å². The van der Waals surface area contributed by atoms with E-state index in [2.05, 4.69) is 9.88 Å². The number of thiazole rings is 1. The van der Waals surface area contributed by atoms with Crippen molar-refractivity contribution in [1.82, 2.24) is 4.98 Å². The number of hydrogen-bond donors (Lipinski definition) is 2. The van der Waals surface area contributed by atoms with Crippen LogP contribution in [0, 0.1) is 0 Å². The van der Waals surface area contributed by atoms with Crippen molar-refractivity contribution < 1.29 is 8.42 Å². The second-order valence-electron chi connectivity index (χ2n) is 4.67. The van der Waals surface area contributed by atoms with E-state index in [-0.39, 0.29) is 4.90 Å². The standard InChI is InChI=1S/C12H14N4O2S2/c13-12-15-6-9(19-12)7-16-4-3-8-5-10(20(14,17)18)1-2-11(8)16/h1-2,5-6H,3-4,7H2,(H2,13,15)(H2,14,17,18). The van der Waals surface area contributed by atoms with E-state index in [4.69, 9.17) is 10.9 Å². The molecule has 8 heteroatoms. The minimum Gasteiger partial charge on any atom is -0.375 e. The number of anilines is 2. The molecule has 2 aromatic rings. The minimum atomic E-state index is -3.64. The Hall–Kier alpha value is -1.64. The van der Waals surface area contributed by atoms with E-state index < -0.39 is 10.0 Å². The van der Waals surface area contributed by atoms with Gasteiger partial charge >= 0.3 is 0 Å². The van der Waals surface area contributed by atoms with Gasteiger partial charge in [-0.1, -0.05) is 0 Å². The Morgan fingerprint density at radius 2 is 2.20 bits per heavy atom. The SMILES string of the molecule is Nc1ncc(CN2CCc3cc(S(N)(=O)=O)ccc32)s1. The second kappa shape index (κ2) is 4.72. The predicted molar refractivity (Wildman–Crippen MR) is 79.1 cm³/mol. The van der Waals surface area contributed by atoms with Crippen molar-refractivity contribution in [2.45, 2.75) is 17.9 Å². The Morgan fingerprint density at radius 1 is 1.40 bits per heavy atom. The summed E-state index contributed by atoms with van der Waals surface area (Å²) in [4.78, 5) is 7.48. The van der Waals surface area contributed by atoms with Crippen LogP contribution < -0.4 is 15.8 Å². The number of sulfonamides is 1. The average Bonchev–Trinajstić information content (AvgIpc) is 2.95. The molecule has 0 bridgehead atoms. The Labute approximate surface area is 121 Å². The number of nitrogen functional groups attached to an aromatic ring is 1. The minimum absolute atomic E-state index is 0.167. The van der Waals surface area contributed by atoms with Gasteiger partial charge in [0, 0.05) is 23.3 Å². The second-order valence-corrected chi connectivity index (χ2v) is 7.38. The van der Waals surface area contributed by atoms with Gasteiger partial charge in [0.05, 0.1) is 11.4 Å². The molecule has 0 unspecified atom stereocenters. The largest absolute Gasteiger partial charge is 0.375 e. The summed E-state index contributed by atoms with van der Waals surface area (Å²) in [5.74, 6) is 0. The summed E-state index contributed by atoms with van der Waals surface area (Å²) in [6.45, 7) is 1.58. The molecule has 6 nitrogen and oxygen atoms in total. The maximum atomic E-state index is 11.4. The number of aromatic nitrogens is 1. The van der Waals surface area contributed by atoms with Crippen molar-refractivity contribution in [3.05, 3.63) is 34.8 Å². The van der Waals surface area contributed by atoms with E-state index in [9.17, 15) is 8.42 Å². The third-order valence-corrected chi connectivity index (χ3v) is 5.01. The Bertz CT molecular complexity index is 755. The van der Waals surface area contributed by atoms with E-state index >= 15 is 0 Å². The zero-order valence-corrected chi connectivity index (χ0v) is 12.2. The number of primary sulfonamides is 1. The maximum absolute atomic E-state index is 11.4. The first-order chi connectivity index (χ1) is 9.43. The van der Waals surface area contributed by atoms with Crippen LogP contribution in [0.4, 0.5) is 10.8 Å². The van der Waals surface area contributed by atoms with Crippen LogP contribution in [0.2, 0.25) is 0 Å². The molecule has 0 radical (unpaired) electrons. The summed E-state index contributed by atoms with van der Waals surface area (Å²) in [6, 6.07) is 5.02. The number of hydrogen-bond acceptors (Lipinski definition) is 6. The quantitative estimate of drug-likeness (QED) is 0.878. The van der Waals surface area contributed by atoms with Gasteiger partial charge in [-0.2, -0.15) is 0 Å². The van der Waals surface area contributed by atoms with Gasteiger partial charge in [0.1, 0.15) is 0 Å². The molecule has 0 spiro atoms. The van der Waals surface area contributed by atoms with Gasteiger partial charge in [0.25, 0.3) is 0 Å². The Kier molecular flexibility index (Phi) is 3.15. The van der Waals surface area contributed by atoms with Gasteiger partial charge in [0.15, 0.2) is 5.13 Å². The average molecular weight is 310 g/mol. The zero-order chi connectivity index (χ0) is 14.3. The van der Waals surface area contributed by atoms with Gasteiger partial charge in [-0.05, 0) is 30.2 Å². The molecule has 2 heterocycles. The number of nitrogens with zero attached hydrogens (tertiary/aromatic N) is 2. The highest BCUT2D eigenvalue weighted by atomic mass is 32.2. The molecule has 4 N–H and O–H groups in total. The molecule has 0 amide bonds. The topological polar surface area (TPSA) is 102 Å². The van der Waals surface area contributed by atoms with Crippen molar-refractivity contribution >= 4 is 32.2 Å². The molecule has 0 aliphatic carbocycles. The van der Waals surface area contributed by atoms with Crippen LogP contribution in [0.15, 0.2) is 29.3 Å². The highest BCUT2D eigenvalue weighted by Crippen LogP contribution is 2.32. The summed E-state index contributed by atoms with van der Waals surface area (Å²) in [6.07, 6.45) is 2.59. The molecule has 1 aromatic heterocycles. The Balaban J connectivity index is 1.87. The number of nitrogens with two attached hydrogens (primary N) is 2. The predicted octanol–water partition coefficient (Wildman–Crippen LogP) is 0.935. The third-order valence-electron chi connectivity index (χ3n) is 3.29. The number of fused-ring (bicyclic) bond motifs is 1. The summed E-state index contributed by atoms with van der Waals surface area (Å²) >= 11 is 1.47. The van der Waals surface area contributed by atoms with Gasteiger partial charge in [-0.3, -0.25) is 0 Å². The van der Waals surface area contributed by atoms with E-state index in [1.807, 2.05) is 6.07 Å². The summed E-state index contributed by atoms with van der Waals surface area (Å²) in [5.41, 5.74) is 7.68. The molecular weight excluding hydrogens is 296 g/mol. The fraction of sp³-hybridized carbons (Fsp3) is 0.250. The van der Waals surface area contributed by atoms with Gasteiger partial charge in [0.2, 0.25) is 10.0 Å². The van der Waals surface area contributed by atoms with Gasteiger partial charge in [-0.25, -0.2) is 18.5 Å². The molecule has 106 valence electrons. The normalized spacial score (nSPS) is 14.6. The lowest BCUT2D eigenvalue weighted by molar-refractivity contribution is 0.597. The molecule has 1 aliphatic heterocycles. The van der Waals surface area contributed by atoms with Crippen LogP contribution in [0.25, 0.3) is 0 Å². The van der Waals surface area contributed by atoms with Crippen LogP contribution >= 0.6 is 11.3 Å². The summed E-state index contributed by atoms with van der Waals surface area (Å²) in [5, 5.41) is 5.71. The Morgan fingerprint density at radius 3 is 2.85 bits per heavy atom. The monoisotopic (exact) mass is 310 g/mol. The lowest BCUT2D eigenvalue weighted by atomic mass is 10.2. The van der Waals surface area contributed by atoms with E-state index in [1.165, 1.54) is 11.3 Å². The lowest BCUT2D eigenvalue weighted by Crippen LogP contribution is -2.19. The van der Waals surface area contributed by atoms with Gasteiger partial charge < -0.3 is 10.6 Å². The fourth-order valence-corrected chi connectivity index (χ4v) is 3.64. The van der Waals surface area contributed by atoms with Crippen LogP contribution in [0.5, 0.6) is 0 Å². The summed E-state index contributed by atoms with van der Waals surface area (Å²) in [7, 11) is -3.64. The molecule has 0 saturated heterocycles. The van der Waals surface area contributed by atoms with E-state index in [1.54, 1.807) is 18.3 Å². The number of benzene rings is 1. The third kappa shape index (κ3) is 2.49. The lowest BCUT2D eigenvalue weighted by Gasteiger charge is -2.18. The molecule has 1 aromatic carbocycles. The van der Waals surface area contributed by atoms with Crippen LogP contribution in [0.3, 0.4) is 0 Å². The van der Waals surface area contributed by atoms with E-state index in [0.29, 0.717) is 5.13 Å². The molecule has 0 fully saturated rings. The first-order valence-electron chi connectivity index (χ1n) is 6.04. The van der Waals surface area contributed by atoms with Gasteiger partial charge in [-0.15, -0.1) is 11.3 Å². The number of rotatable bonds is 3. The molecular formula is C12H14N4O2S2. The van der Waals surface area contributed by atoms with Crippen molar-refractivity contribution in [3.63, 3.8) is 0 Å². The van der Waals surface area contributed by atoms with E-state index in [0.717, 1.165) is 35.6 Å². The summed E-state index contributed by atoms with van der Waals surface area (Å²) < 4.78 is 22.7. The van der Waals surface area contributed by atoms with Crippen LogP contribution in [-0.2, 0) is 23.0 Å². The fourth-order valence-electron chi connectivity index (χ4n) is 2.37. The first-order valence-corrected chi connectivity index (χ1v) is 8.40. The zero-order valence-electron chi connectivity index (χ0n) is 10.6. The molecule has 1 aliphatic rings. The highest BCUT2D eigenvalue weighted by Gasteiger charge is 2.21. The smallest absolute Gasteiger partial charge is 0.238 e. The van der Waals surface area contributed by atoms with Crippen molar-refractivity contribution in [3.8, 4) is 0 Å². The maximum Gasteiger partial charge on any atom is 0.238 e. The first kappa shape index (κ1) is 13.3. The highest BCUT2D eigenvalue weighted by molar-refractivity contribution is 7.89. The molecule has 20 heavy (non-hydrogen) atoms. The molecule has 0 atom stereocenters.